The van der Waals surface area contributed by atoms with E-state index in [0.717, 1.165) is 32.4 Å². The highest BCUT2D eigenvalue weighted by Gasteiger charge is 2.32. The van der Waals surface area contributed by atoms with E-state index in [1.165, 1.54) is 16.7 Å². The predicted molar refractivity (Wildman–Crippen MR) is 104 cm³/mol. The van der Waals surface area contributed by atoms with Gasteiger partial charge in [0.2, 0.25) is 0 Å². The quantitative estimate of drug-likeness (QED) is 0.899. The molecule has 0 aromatic heterocycles. The predicted octanol–water partition coefficient (Wildman–Crippen LogP) is 3.59. The second-order valence-electron chi connectivity index (χ2n) is 7.55. The Hall–Kier alpha value is -2.33. The summed E-state index contributed by atoms with van der Waals surface area (Å²) in [6, 6.07) is 19.4. The van der Waals surface area contributed by atoms with Crippen LogP contribution in [0, 0.1) is 0 Å². The minimum Gasteiger partial charge on any atom is -0.335 e. The highest BCUT2D eigenvalue weighted by Crippen LogP contribution is 2.33. The summed E-state index contributed by atoms with van der Waals surface area (Å²) in [4.78, 5) is 17.5. The molecule has 0 bridgehead atoms. The van der Waals surface area contributed by atoms with Crippen molar-refractivity contribution in [2.45, 2.75) is 37.9 Å². The summed E-state index contributed by atoms with van der Waals surface area (Å²) in [5.41, 5.74) is 3.82. The van der Waals surface area contributed by atoms with Crippen LogP contribution in [0.15, 0.2) is 54.6 Å². The largest absolute Gasteiger partial charge is 0.335 e. The number of amides is 2. The van der Waals surface area contributed by atoms with Crippen molar-refractivity contribution in [3.8, 4) is 0 Å². The van der Waals surface area contributed by atoms with Crippen molar-refractivity contribution in [3.63, 3.8) is 0 Å². The number of urea groups is 1. The molecule has 1 saturated heterocycles. The van der Waals surface area contributed by atoms with Crippen molar-refractivity contribution >= 4 is 6.03 Å². The lowest BCUT2D eigenvalue weighted by Gasteiger charge is -2.39. The molecular weight excluding hydrogens is 322 g/mol. The number of likely N-dealkylation sites (tertiary alicyclic amines) is 1. The Morgan fingerprint density at radius 2 is 1.62 bits per heavy atom. The van der Waals surface area contributed by atoms with E-state index in [4.69, 9.17) is 0 Å². The number of piperidine rings is 1. The maximum absolute atomic E-state index is 13.1. The zero-order valence-corrected chi connectivity index (χ0v) is 15.4. The average molecular weight is 349 g/mol. The van der Waals surface area contributed by atoms with Gasteiger partial charge in [-0.15, -0.1) is 0 Å². The molecule has 2 aromatic carbocycles. The standard InChI is InChI=1S/C22H27N3O/c1-24-13-11-20(12-14-24)23-22(26)25-16-19-10-6-5-9-18(19)15-21(25)17-7-3-2-4-8-17/h2-10,20-21H,11-16H2,1H3,(H,23,26). The monoisotopic (exact) mass is 349 g/mol. The lowest BCUT2D eigenvalue weighted by atomic mass is 9.90. The van der Waals surface area contributed by atoms with Crippen molar-refractivity contribution in [2.75, 3.05) is 20.1 Å². The molecule has 4 nitrogen and oxygen atoms in total. The summed E-state index contributed by atoms with van der Waals surface area (Å²) in [5, 5.41) is 3.30. The fourth-order valence-corrected chi connectivity index (χ4v) is 4.12. The Morgan fingerprint density at radius 1 is 0.962 bits per heavy atom. The SMILES string of the molecule is CN1CCC(NC(=O)N2Cc3ccccc3CC2c2ccccc2)CC1. The van der Waals surface area contributed by atoms with Crippen LogP contribution >= 0.6 is 0 Å². The van der Waals surface area contributed by atoms with Gasteiger partial charge in [0.15, 0.2) is 0 Å². The van der Waals surface area contributed by atoms with Gasteiger partial charge in [-0.2, -0.15) is 0 Å². The number of hydrogen-bond acceptors (Lipinski definition) is 2. The fraction of sp³-hybridized carbons (Fsp3) is 0.409. The number of carbonyl (C=O) groups excluding carboxylic acids is 1. The van der Waals surface area contributed by atoms with Gasteiger partial charge < -0.3 is 15.1 Å². The average Bonchev–Trinajstić information content (AvgIpc) is 2.69. The second kappa shape index (κ2) is 7.50. The maximum Gasteiger partial charge on any atom is 0.318 e. The van der Waals surface area contributed by atoms with Crippen molar-refractivity contribution in [2.24, 2.45) is 0 Å². The number of fused-ring (bicyclic) bond motifs is 1. The normalized spacial score (nSPS) is 21.3. The van der Waals surface area contributed by atoms with Crippen LogP contribution in [0.25, 0.3) is 0 Å². The summed E-state index contributed by atoms with van der Waals surface area (Å²) in [6.07, 6.45) is 2.94. The number of nitrogens with zero attached hydrogens (tertiary/aromatic N) is 2. The van der Waals surface area contributed by atoms with Crippen molar-refractivity contribution in [3.05, 3.63) is 71.3 Å². The molecule has 2 aromatic rings. The van der Waals surface area contributed by atoms with E-state index < -0.39 is 0 Å². The molecule has 26 heavy (non-hydrogen) atoms. The second-order valence-corrected chi connectivity index (χ2v) is 7.55. The molecule has 2 aliphatic heterocycles. The van der Waals surface area contributed by atoms with Crippen LogP contribution < -0.4 is 5.32 Å². The van der Waals surface area contributed by atoms with Crippen LogP contribution in [0.3, 0.4) is 0 Å². The zero-order chi connectivity index (χ0) is 17.9. The van der Waals surface area contributed by atoms with E-state index in [0.29, 0.717) is 6.54 Å². The lowest BCUT2D eigenvalue weighted by Crippen LogP contribution is -2.50. The molecule has 0 spiro atoms. The summed E-state index contributed by atoms with van der Waals surface area (Å²) in [7, 11) is 2.14. The summed E-state index contributed by atoms with van der Waals surface area (Å²) in [5.74, 6) is 0. The Labute approximate surface area is 155 Å². The van der Waals surface area contributed by atoms with Gasteiger partial charge in [0.25, 0.3) is 0 Å². The van der Waals surface area contributed by atoms with Crippen molar-refractivity contribution < 1.29 is 4.79 Å². The molecule has 0 radical (unpaired) electrons. The molecule has 2 heterocycles. The van der Waals surface area contributed by atoms with Gasteiger partial charge in [0.05, 0.1) is 6.04 Å². The van der Waals surface area contributed by atoms with Gasteiger partial charge in [0.1, 0.15) is 0 Å². The highest BCUT2D eigenvalue weighted by atomic mass is 16.2. The van der Waals surface area contributed by atoms with Crippen molar-refractivity contribution in [1.82, 2.24) is 15.1 Å². The van der Waals surface area contributed by atoms with Gasteiger partial charge in [-0.3, -0.25) is 0 Å². The van der Waals surface area contributed by atoms with E-state index in [2.05, 4.69) is 65.8 Å². The molecule has 1 fully saturated rings. The highest BCUT2D eigenvalue weighted by molar-refractivity contribution is 5.75. The minimum atomic E-state index is 0.0721. The Kier molecular flexibility index (Phi) is 4.93. The van der Waals surface area contributed by atoms with E-state index >= 15 is 0 Å². The number of hydrogen-bond donors (Lipinski definition) is 1. The summed E-state index contributed by atoms with van der Waals surface area (Å²) in [6.45, 7) is 2.78. The van der Waals surface area contributed by atoms with Gasteiger partial charge in [0, 0.05) is 12.6 Å². The molecule has 4 heteroatoms. The Balaban J connectivity index is 1.56. The smallest absolute Gasteiger partial charge is 0.318 e. The molecule has 2 amide bonds. The lowest BCUT2D eigenvalue weighted by molar-refractivity contribution is 0.152. The first-order valence-corrected chi connectivity index (χ1v) is 9.58. The molecule has 0 saturated carbocycles. The molecule has 1 unspecified atom stereocenters. The van der Waals surface area contributed by atoms with Crippen molar-refractivity contribution in [1.29, 1.82) is 0 Å². The molecule has 1 atom stereocenters. The number of carbonyl (C=O) groups is 1. The van der Waals surface area contributed by atoms with Crippen LogP contribution in [-0.4, -0.2) is 42.0 Å². The maximum atomic E-state index is 13.1. The zero-order valence-electron chi connectivity index (χ0n) is 15.4. The van der Waals surface area contributed by atoms with E-state index in [-0.39, 0.29) is 18.1 Å². The Bertz CT molecular complexity index is 753. The van der Waals surface area contributed by atoms with Gasteiger partial charge >= 0.3 is 6.03 Å². The third kappa shape index (κ3) is 3.61. The minimum absolute atomic E-state index is 0.0721. The molecule has 0 aliphatic carbocycles. The molecule has 2 aliphatic rings. The van der Waals surface area contributed by atoms with Crippen LogP contribution in [0.1, 0.15) is 35.6 Å². The first kappa shape index (κ1) is 17.1. The molecule has 4 rings (SSSR count). The van der Waals surface area contributed by atoms with E-state index in [1.807, 2.05) is 11.0 Å². The topological polar surface area (TPSA) is 35.6 Å². The first-order chi connectivity index (χ1) is 12.7. The Morgan fingerprint density at radius 3 is 2.35 bits per heavy atom. The van der Waals surface area contributed by atoms with Gasteiger partial charge in [-0.1, -0.05) is 54.6 Å². The fourth-order valence-electron chi connectivity index (χ4n) is 4.12. The van der Waals surface area contributed by atoms with Crippen LogP contribution in [0.5, 0.6) is 0 Å². The van der Waals surface area contributed by atoms with Crippen LogP contribution in [-0.2, 0) is 13.0 Å². The van der Waals surface area contributed by atoms with E-state index in [9.17, 15) is 4.79 Å². The number of benzene rings is 2. The third-order valence-electron chi connectivity index (χ3n) is 5.74. The number of nitrogens with one attached hydrogen (secondary N) is 1. The van der Waals surface area contributed by atoms with E-state index in [1.54, 1.807) is 0 Å². The summed E-state index contributed by atoms with van der Waals surface area (Å²) < 4.78 is 0. The van der Waals surface area contributed by atoms with Gasteiger partial charge in [-0.25, -0.2) is 4.79 Å². The van der Waals surface area contributed by atoms with Gasteiger partial charge in [-0.05, 0) is 56.1 Å². The molecular formula is C22H27N3O. The molecule has 136 valence electrons. The number of rotatable bonds is 2. The van der Waals surface area contributed by atoms with Crippen LogP contribution in [0.4, 0.5) is 4.79 Å². The summed E-state index contributed by atoms with van der Waals surface area (Å²) >= 11 is 0. The third-order valence-corrected chi connectivity index (χ3v) is 5.74. The van der Waals surface area contributed by atoms with Crippen LogP contribution in [0.2, 0.25) is 0 Å². The molecule has 1 N–H and O–H groups in total. The first-order valence-electron chi connectivity index (χ1n) is 9.58.